The second-order valence-electron chi connectivity index (χ2n) is 15.1. The van der Waals surface area contributed by atoms with Crippen molar-refractivity contribution in [2.75, 3.05) is 0 Å². The number of rotatable bonds is 6. The van der Waals surface area contributed by atoms with Crippen molar-refractivity contribution in [2.24, 2.45) is 0 Å². The van der Waals surface area contributed by atoms with Crippen molar-refractivity contribution in [3.05, 3.63) is 230 Å². The van der Waals surface area contributed by atoms with E-state index < -0.39 is 12.1 Å². The third-order valence-corrected chi connectivity index (χ3v) is 11.8. The smallest absolute Gasteiger partial charge is 0.0645 e. The molecule has 2 heteroatoms. The van der Waals surface area contributed by atoms with Gasteiger partial charge in [0.15, 0.2) is 0 Å². The van der Waals surface area contributed by atoms with E-state index in [0.29, 0.717) is 11.3 Å². The maximum absolute atomic E-state index is 10.1. The lowest BCUT2D eigenvalue weighted by molar-refractivity contribution is 1.18. The van der Waals surface area contributed by atoms with E-state index in [-0.39, 0.29) is 57.6 Å². The molecule has 0 unspecified atom stereocenters. The number of benzene rings is 10. The van der Waals surface area contributed by atoms with Crippen LogP contribution in [0.3, 0.4) is 0 Å². The molecular weight excluding hydrogens is 725 g/mol. The van der Waals surface area contributed by atoms with Gasteiger partial charge in [-0.3, -0.25) is 0 Å². The van der Waals surface area contributed by atoms with Crippen molar-refractivity contribution in [3.8, 4) is 55.9 Å². The molecule has 0 N–H and O–H groups in total. The first-order valence-corrected chi connectivity index (χ1v) is 20.1. The lowest BCUT2D eigenvalue weighted by Crippen LogP contribution is -1.97. The summed E-state index contributed by atoms with van der Waals surface area (Å²) in [7, 11) is 0. The minimum absolute atomic E-state index is 0.0872. The summed E-state index contributed by atoms with van der Waals surface area (Å²) in [4.78, 5) is 0. The van der Waals surface area contributed by atoms with Crippen molar-refractivity contribution in [1.29, 1.82) is 0 Å². The molecule has 2 nitrogen and oxygen atoms in total. The fraction of sp³-hybridized carbons (Fsp3) is 0. The Morgan fingerprint density at radius 3 is 1.70 bits per heavy atom. The van der Waals surface area contributed by atoms with E-state index in [1.807, 2.05) is 133 Å². The van der Waals surface area contributed by atoms with E-state index in [0.717, 1.165) is 71.6 Å². The normalized spacial score (nSPS) is 13.3. The van der Waals surface area contributed by atoms with Crippen LogP contribution in [-0.2, 0) is 0 Å². The van der Waals surface area contributed by atoms with Crippen molar-refractivity contribution in [2.45, 2.75) is 0 Å². The van der Waals surface area contributed by atoms with Crippen LogP contribution in [0.25, 0.3) is 110 Å². The van der Waals surface area contributed by atoms with Gasteiger partial charge in [0.05, 0.1) is 43.0 Å². The molecule has 60 heavy (non-hydrogen) atoms. The van der Waals surface area contributed by atoms with Crippen LogP contribution in [0.4, 0.5) is 0 Å². The summed E-state index contributed by atoms with van der Waals surface area (Å²) >= 11 is 0. The predicted octanol–water partition coefficient (Wildman–Crippen LogP) is 15.7. The van der Waals surface area contributed by atoms with Gasteiger partial charge in [-0.15, -0.1) is 0 Å². The van der Waals surface area contributed by atoms with Gasteiger partial charge in [-0.25, -0.2) is 0 Å². The lowest BCUT2D eigenvalue weighted by atomic mass is 9.96. The first-order chi connectivity index (χ1) is 32.7. The van der Waals surface area contributed by atoms with Crippen LogP contribution in [0.5, 0.6) is 0 Å². The monoisotopic (exact) mass is 769 g/mol. The molecule has 0 aliphatic carbocycles. The van der Waals surface area contributed by atoms with Gasteiger partial charge in [0, 0.05) is 32.5 Å². The van der Waals surface area contributed by atoms with Crippen LogP contribution in [0.15, 0.2) is 230 Å². The topological polar surface area (TPSA) is 9.86 Å². The molecule has 0 bridgehead atoms. The van der Waals surface area contributed by atoms with E-state index in [9.17, 15) is 6.85 Å². The quantitative estimate of drug-likeness (QED) is 0.159. The van der Waals surface area contributed by atoms with Gasteiger partial charge in [-0.1, -0.05) is 182 Å². The summed E-state index contributed by atoms with van der Waals surface area (Å²) < 4.78 is 70.2. The zero-order valence-electron chi connectivity index (χ0n) is 39.3. The summed E-state index contributed by atoms with van der Waals surface area (Å²) in [6.07, 6.45) is 0. The number of hydrogen-bond acceptors (Lipinski definition) is 0. The summed E-state index contributed by atoms with van der Waals surface area (Å²) in [5.74, 6) is 0. The van der Waals surface area contributed by atoms with Crippen LogP contribution < -0.4 is 0 Å². The van der Waals surface area contributed by atoms with E-state index in [1.54, 1.807) is 4.57 Å². The minimum atomic E-state index is -0.429. The third-order valence-electron chi connectivity index (χ3n) is 11.8. The average Bonchev–Trinajstić information content (AvgIpc) is 3.91. The largest absolute Gasteiger partial charge is 0.309 e. The molecule has 0 aliphatic rings. The summed E-state index contributed by atoms with van der Waals surface area (Å²) in [6, 6.07) is 61.1. The maximum Gasteiger partial charge on any atom is 0.0645 e. The molecule has 12 rings (SSSR count). The fourth-order valence-corrected chi connectivity index (χ4v) is 9.12. The van der Waals surface area contributed by atoms with Crippen LogP contribution in [0.1, 0.15) is 9.60 Å². The summed E-state index contributed by atoms with van der Waals surface area (Å²) in [5.41, 5.74) is 10.8. The lowest BCUT2D eigenvalue weighted by Gasteiger charge is -2.15. The number of aromatic nitrogens is 2. The molecule has 0 radical (unpaired) electrons. The van der Waals surface area contributed by atoms with Gasteiger partial charge in [-0.2, -0.15) is 0 Å². The molecule has 12 aromatic rings. The Morgan fingerprint density at radius 1 is 0.300 bits per heavy atom. The SMILES string of the molecule is [2H]c1c([2H])c([2H])c2c(c1[2H])c1c([2H])c(-c3ccc4c(c3)c3c(-c5ccccc5)cccc3n4-c3ccccc3-c3ccccc3)c([2H])c([2H])c1n2-c1ccc(-c2ccccc2)c2ccccc12. The van der Waals surface area contributed by atoms with E-state index in [1.165, 1.54) is 0 Å². The average molecular weight is 770 g/mol. The maximum atomic E-state index is 10.1. The van der Waals surface area contributed by atoms with Crippen LogP contribution >= 0.6 is 0 Å². The highest BCUT2D eigenvalue weighted by Gasteiger charge is 2.21. The standard InChI is InChI=1S/C58H38N2/c1-4-17-39(18-5-1)44-33-36-54(48-25-11-10-24-47(44)48)59-53-29-15-13-26-49(53)50-37-42(31-34-55(50)59)43-32-35-56-51(38-43)58-46(41-21-8-3-9-22-41)27-16-30-57(58)60(56)52-28-14-12-23-45(52)40-19-6-2-7-20-40/h1-38H/i13D,15D,26D,29D,31D,34D,37D. The molecule has 0 spiro atoms. The number of hydrogen-bond donors (Lipinski definition) is 0. The van der Waals surface area contributed by atoms with E-state index >= 15 is 0 Å². The molecule has 0 saturated carbocycles. The van der Waals surface area contributed by atoms with Crippen molar-refractivity contribution in [1.82, 2.24) is 9.13 Å². The van der Waals surface area contributed by atoms with Gasteiger partial charge in [0.25, 0.3) is 0 Å². The molecule has 0 fully saturated rings. The van der Waals surface area contributed by atoms with Crippen molar-refractivity contribution < 1.29 is 9.60 Å². The molecule has 0 aliphatic heterocycles. The highest BCUT2D eigenvalue weighted by Crippen LogP contribution is 2.43. The summed E-state index contributed by atoms with van der Waals surface area (Å²) in [5, 5.41) is 3.93. The Labute approximate surface area is 358 Å². The molecule has 2 heterocycles. The molecule has 280 valence electrons. The van der Waals surface area contributed by atoms with Gasteiger partial charge < -0.3 is 9.13 Å². The Kier molecular flexibility index (Phi) is 6.39. The van der Waals surface area contributed by atoms with Crippen molar-refractivity contribution in [3.63, 3.8) is 0 Å². The molecule has 0 amide bonds. The Bertz CT molecular complexity index is 3990. The van der Waals surface area contributed by atoms with Gasteiger partial charge >= 0.3 is 0 Å². The molecule has 10 aromatic carbocycles. The van der Waals surface area contributed by atoms with Gasteiger partial charge in [-0.05, 0) is 92.8 Å². The van der Waals surface area contributed by atoms with E-state index in [2.05, 4.69) is 59.2 Å². The number of nitrogens with zero attached hydrogens (tertiary/aromatic N) is 2. The first-order valence-electron chi connectivity index (χ1n) is 23.6. The van der Waals surface area contributed by atoms with E-state index in [4.69, 9.17) is 2.74 Å². The van der Waals surface area contributed by atoms with Gasteiger partial charge in [0.2, 0.25) is 0 Å². The van der Waals surface area contributed by atoms with Crippen molar-refractivity contribution >= 4 is 54.4 Å². The minimum Gasteiger partial charge on any atom is -0.309 e. The highest BCUT2D eigenvalue weighted by molar-refractivity contribution is 6.18. The second-order valence-corrected chi connectivity index (χ2v) is 15.1. The Hall–Kier alpha value is -7.94. The third kappa shape index (κ3) is 5.35. The highest BCUT2D eigenvalue weighted by atomic mass is 15.0. The van der Waals surface area contributed by atoms with Crippen LogP contribution in [0, 0.1) is 0 Å². The zero-order valence-corrected chi connectivity index (χ0v) is 32.3. The first kappa shape index (κ1) is 27.7. The second kappa shape index (κ2) is 13.9. The number of para-hydroxylation sites is 2. The molecular formula is C58H38N2. The van der Waals surface area contributed by atoms with Crippen LogP contribution in [-0.4, -0.2) is 9.13 Å². The molecule has 0 atom stereocenters. The van der Waals surface area contributed by atoms with Crippen LogP contribution in [0.2, 0.25) is 0 Å². The number of fused-ring (bicyclic) bond motifs is 7. The zero-order chi connectivity index (χ0) is 45.7. The van der Waals surface area contributed by atoms with Gasteiger partial charge in [0.1, 0.15) is 0 Å². The molecule has 0 saturated heterocycles. The fourth-order valence-electron chi connectivity index (χ4n) is 9.12. The molecule has 2 aromatic heterocycles. The Balaban J connectivity index is 1.17. The summed E-state index contributed by atoms with van der Waals surface area (Å²) in [6.45, 7) is 0. The predicted molar refractivity (Wildman–Crippen MR) is 254 cm³/mol. The Morgan fingerprint density at radius 2 is 0.917 bits per heavy atom.